The van der Waals surface area contributed by atoms with Gasteiger partial charge < -0.3 is 4.74 Å². The zero-order valence-electron chi connectivity index (χ0n) is 13.0. The third-order valence-corrected chi connectivity index (χ3v) is 7.29. The van der Waals surface area contributed by atoms with Crippen molar-refractivity contribution >= 4 is 23.5 Å². The van der Waals surface area contributed by atoms with Crippen LogP contribution in [0, 0.1) is 0 Å². The molecule has 22 heavy (non-hydrogen) atoms. The molecule has 116 valence electrons. The highest BCUT2D eigenvalue weighted by Gasteiger charge is 2.31. The number of ether oxygens (including phenoxy) is 1. The summed E-state index contributed by atoms with van der Waals surface area (Å²) in [6, 6.07) is 19.3. The zero-order valence-corrected chi connectivity index (χ0v) is 14.6. The van der Waals surface area contributed by atoms with Gasteiger partial charge in [-0.1, -0.05) is 42.5 Å². The summed E-state index contributed by atoms with van der Waals surface area (Å²) in [5.74, 6) is 3.48. The van der Waals surface area contributed by atoms with Gasteiger partial charge in [-0.25, -0.2) is 0 Å². The van der Waals surface area contributed by atoms with Crippen molar-refractivity contribution in [2.24, 2.45) is 0 Å². The van der Waals surface area contributed by atoms with Gasteiger partial charge in [-0.15, -0.1) is 23.5 Å². The molecule has 0 unspecified atom stereocenters. The van der Waals surface area contributed by atoms with Gasteiger partial charge in [-0.3, -0.25) is 0 Å². The van der Waals surface area contributed by atoms with Crippen molar-refractivity contribution in [3.8, 4) is 5.75 Å². The van der Waals surface area contributed by atoms with E-state index in [1.165, 1.54) is 22.6 Å². The highest BCUT2D eigenvalue weighted by molar-refractivity contribution is 8.20. The molecule has 3 heteroatoms. The maximum atomic E-state index is 5.86. The molecule has 0 bridgehead atoms. The van der Waals surface area contributed by atoms with Crippen LogP contribution < -0.4 is 4.74 Å². The van der Waals surface area contributed by atoms with E-state index >= 15 is 0 Å². The van der Waals surface area contributed by atoms with E-state index in [4.69, 9.17) is 4.74 Å². The molecular formula is C19H22OS2. The van der Waals surface area contributed by atoms with E-state index in [1.807, 2.05) is 23.5 Å². The van der Waals surface area contributed by atoms with Crippen molar-refractivity contribution in [1.29, 1.82) is 0 Å². The minimum atomic E-state index is 0.228. The van der Waals surface area contributed by atoms with E-state index < -0.39 is 0 Å². The molecular weight excluding hydrogens is 308 g/mol. The van der Waals surface area contributed by atoms with Crippen LogP contribution in [-0.4, -0.2) is 18.1 Å². The van der Waals surface area contributed by atoms with Crippen molar-refractivity contribution in [3.05, 3.63) is 65.7 Å². The second kappa shape index (κ2) is 7.47. The van der Waals surface area contributed by atoms with Crippen LogP contribution in [-0.2, 0) is 10.5 Å². The summed E-state index contributed by atoms with van der Waals surface area (Å²) in [6.45, 7) is 3.10. The van der Waals surface area contributed by atoms with Gasteiger partial charge in [-0.05, 0) is 43.0 Å². The lowest BCUT2D eigenvalue weighted by Gasteiger charge is -2.22. The quantitative estimate of drug-likeness (QED) is 0.661. The maximum absolute atomic E-state index is 5.86. The molecule has 0 saturated carbocycles. The van der Waals surface area contributed by atoms with Crippen LogP contribution in [0.15, 0.2) is 54.6 Å². The molecule has 0 aromatic heterocycles. The van der Waals surface area contributed by atoms with Gasteiger partial charge in [-0.2, -0.15) is 0 Å². The molecule has 1 aliphatic rings. The minimum absolute atomic E-state index is 0.228. The summed E-state index contributed by atoms with van der Waals surface area (Å²) in [7, 11) is 0. The summed E-state index contributed by atoms with van der Waals surface area (Å²) in [5, 5.41) is 0. The Morgan fingerprint density at radius 1 is 0.955 bits per heavy atom. The number of hydrogen-bond acceptors (Lipinski definition) is 3. The second-order valence-corrected chi connectivity index (χ2v) is 8.89. The number of aryl methyl sites for hydroxylation is 1. The van der Waals surface area contributed by atoms with Crippen molar-refractivity contribution in [3.63, 3.8) is 0 Å². The normalized spacial score (nSPS) is 16.6. The molecule has 1 saturated heterocycles. The molecule has 0 atom stereocenters. The smallest absolute Gasteiger partial charge is 0.119 e. The Bertz CT molecular complexity index is 574. The number of benzene rings is 2. The summed E-state index contributed by atoms with van der Waals surface area (Å²) in [5.41, 5.74) is 2.78. The monoisotopic (exact) mass is 330 g/mol. The Balaban J connectivity index is 1.47. The molecule has 1 heterocycles. The van der Waals surface area contributed by atoms with Gasteiger partial charge in [0.25, 0.3) is 0 Å². The van der Waals surface area contributed by atoms with Crippen LogP contribution in [0.25, 0.3) is 0 Å². The van der Waals surface area contributed by atoms with E-state index in [-0.39, 0.29) is 4.08 Å². The molecule has 1 aliphatic heterocycles. The van der Waals surface area contributed by atoms with Gasteiger partial charge in [0.05, 0.1) is 10.7 Å². The Kier molecular flexibility index (Phi) is 5.37. The summed E-state index contributed by atoms with van der Waals surface area (Å²) in [4.78, 5) is 0. The van der Waals surface area contributed by atoms with E-state index in [1.54, 1.807) is 0 Å². The van der Waals surface area contributed by atoms with Crippen molar-refractivity contribution in [1.82, 2.24) is 0 Å². The first-order valence-electron chi connectivity index (χ1n) is 7.81. The fourth-order valence-electron chi connectivity index (χ4n) is 2.65. The van der Waals surface area contributed by atoms with Crippen LogP contribution in [0.1, 0.15) is 24.5 Å². The van der Waals surface area contributed by atoms with Crippen LogP contribution in [0.3, 0.4) is 0 Å². The fraction of sp³-hybridized carbons (Fsp3) is 0.368. The highest BCUT2D eigenvalue weighted by Crippen LogP contribution is 2.51. The summed E-state index contributed by atoms with van der Waals surface area (Å²) in [6.07, 6.45) is 2.12. The molecule has 2 aromatic rings. The number of thioether (sulfide) groups is 2. The van der Waals surface area contributed by atoms with Gasteiger partial charge in [0, 0.05) is 11.5 Å². The minimum Gasteiger partial charge on any atom is -0.494 e. The predicted molar refractivity (Wildman–Crippen MR) is 99.0 cm³/mol. The Hall–Kier alpha value is -1.06. The standard InChI is InChI=1S/C19H22OS2/c1-19(21-14-15-22-19)17-9-11-18(12-10-17)20-13-5-8-16-6-3-2-4-7-16/h2-4,6-7,9-12H,5,8,13-15H2,1H3. The topological polar surface area (TPSA) is 9.23 Å². The molecule has 0 N–H and O–H groups in total. The zero-order chi connectivity index (χ0) is 15.3. The Morgan fingerprint density at radius 2 is 1.64 bits per heavy atom. The molecule has 3 rings (SSSR count). The third kappa shape index (κ3) is 4.02. The van der Waals surface area contributed by atoms with Gasteiger partial charge >= 0.3 is 0 Å². The molecule has 1 nitrogen and oxygen atoms in total. The lowest BCUT2D eigenvalue weighted by atomic mass is 10.1. The first-order valence-corrected chi connectivity index (χ1v) is 9.79. The summed E-state index contributed by atoms with van der Waals surface area (Å²) >= 11 is 4.09. The first-order chi connectivity index (χ1) is 10.8. The average molecular weight is 331 g/mol. The lowest BCUT2D eigenvalue weighted by Crippen LogP contribution is -2.08. The maximum Gasteiger partial charge on any atom is 0.119 e. The predicted octanol–water partition coefficient (Wildman–Crippen LogP) is 5.35. The third-order valence-electron chi connectivity index (χ3n) is 3.94. The largest absolute Gasteiger partial charge is 0.494 e. The van der Waals surface area contributed by atoms with Crippen molar-refractivity contribution < 1.29 is 4.74 Å². The number of hydrogen-bond donors (Lipinski definition) is 0. The molecule has 1 fully saturated rings. The Labute approximate surface area is 141 Å². The second-order valence-electron chi connectivity index (χ2n) is 5.60. The average Bonchev–Trinajstić information content (AvgIpc) is 3.01. The first kappa shape index (κ1) is 15.8. The van der Waals surface area contributed by atoms with E-state index in [9.17, 15) is 0 Å². The molecule has 0 radical (unpaired) electrons. The molecule has 0 amide bonds. The highest BCUT2D eigenvalue weighted by atomic mass is 32.2. The van der Waals surface area contributed by atoms with Crippen molar-refractivity contribution in [2.75, 3.05) is 18.1 Å². The molecule has 0 spiro atoms. The Morgan fingerprint density at radius 3 is 2.32 bits per heavy atom. The van der Waals surface area contributed by atoms with Gasteiger partial charge in [0.1, 0.15) is 5.75 Å². The van der Waals surface area contributed by atoms with Crippen molar-refractivity contribution in [2.45, 2.75) is 23.8 Å². The summed E-state index contributed by atoms with van der Waals surface area (Å²) < 4.78 is 6.09. The fourth-order valence-corrected chi connectivity index (χ4v) is 5.53. The van der Waals surface area contributed by atoms with Crippen LogP contribution in [0.2, 0.25) is 0 Å². The number of rotatable bonds is 6. The van der Waals surface area contributed by atoms with E-state index in [0.29, 0.717) is 0 Å². The van der Waals surface area contributed by atoms with E-state index in [0.717, 1.165) is 25.2 Å². The molecule has 2 aromatic carbocycles. The SMILES string of the molecule is CC1(c2ccc(OCCCc3ccccc3)cc2)SCCS1. The van der Waals surface area contributed by atoms with Gasteiger partial charge in [0.2, 0.25) is 0 Å². The van der Waals surface area contributed by atoms with Crippen LogP contribution >= 0.6 is 23.5 Å². The van der Waals surface area contributed by atoms with Gasteiger partial charge in [0.15, 0.2) is 0 Å². The molecule has 0 aliphatic carbocycles. The van der Waals surface area contributed by atoms with Crippen LogP contribution in [0.4, 0.5) is 0 Å². The van der Waals surface area contributed by atoms with E-state index in [2.05, 4.69) is 61.5 Å². The lowest BCUT2D eigenvalue weighted by molar-refractivity contribution is 0.311. The van der Waals surface area contributed by atoms with Crippen LogP contribution in [0.5, 0.6) is 5.75 Å².